The summed E-state index contributed by atoms with van der Waals surface area (Å²) in [4.78, 5) is 0. The van der Waals surface area contributed by atoms with Crippen molar-refractivity contribution in [3.05, 3.63) is 35.9 Å². The van der Waals surface area contributed by atoms with Crippen LogP contribution >= 0.6 is 15.9 Å². The van der Waals surface area contributed by atoms with Gasteiger partial charge in [0.05, 0.1) is 7.11 Å². The first-order valence-electron chi connectivity index (χ1n) is 3.74. The monoisotopic (exact) mass is 226 g/mol. The van der Waals surface area contributed by atoms with Gasteiger partial charge >= 0.3 is 0 Å². The van der Waals surface area contributed by atoms with E-state index in [1.807, 2.05) is 37.3 Å². The molecule has 0 aromatic heterocycles. The third kappa shape index (κ3) is 1.89. The minimum atomic E-state index is 0.891. The molecule has 0 heterocycles. The van der Waals surface area contributed by atoms with Crippen LogP contribution in [0.25, 0.3) is 4.48 Å². The number of halogens is 1. The molecule has 0 saturated carbocycles. The van der Waals surface area contributed by atoms with Crippen LogP contribution in [-0.2, 0) is 0 Å². The lowest BCUT2D eigenvalue weighted by atomic mass is 10.2. The van der Waals surface area contributed by atoms with Gasteiger partial charge in [-0.1, -0.05) is 40.2 Å². The largest absolute Gasteiger partial charge is 0.496 e. The Kier molecular flexibility index (Phi) is 3.35. The van der Waals surface area contributed by atoms with Gasteiger partial charge in [-0.15, -0.1) is 0 Å². The van der Waals surface area contributed by atoms with E-state index in [0.717, 1.165) is 15.8 Å². The van der Waals surface area contributed by atoms with Crippen molar-refractivity contribution in [3.63, 3.8) is 0 Å². The van der Waals surface area contributed by atoms with Gasteiger partial charge in [-0.05, 0) is 13.0 Å². The van der Waals surface area contributed by atoms with Crippen LogP contribution in [0.5, 0.6) is 5.75 Å². The second kappa shape index (κ2) is 4.31. The molecular formula is C10H11BrO. The van der Waals surface area contributed by atoms with Gasteiger partial charge in [-0.2, -0.15) is 0 Å². The van der Waals surface area contributed by atoms with Crippen LogP contribution in [0.1, 0.15) is 12.5 Å². The molecule has 0 saturated heterocycles. The number of rotatable bonds is 2. The van der Waals surface area contributed by atoms with Crippen LogP contribution < -0.4 is 4.74 Å². The third-order valence-corrected chi connectivity index (χ3v) is 2.50. The molecule has 0 radical (unpaired) electrons. The normalized spacial score (nSPS) is 11.4. The number of ether oxygens (including phenoxy) is 1. The summed E-state index contributed by atoms with van der Waals surface area (Å²) in [5, 5.41) is 0. The highest BCUT2D eigenvalue weighted by molar-refractivity contribution is 9.15. The first kappa shape index (κ1) is 9.33. The maximum atomic E-state index is 5.20. The molecule has 1 rings (SSSR count). The first-order valence-corrected chi connectivity index (χ1v) is 4.54. The molecule has 0 aliphatic rings. The van der Waals surface area contributed by atoms with Gasteiger partial charge in [-0.3, -0.25) is 0 Å². The van der Waals surface area contributed by atoms with E-state index in [1.165, 1.54) is 0 Å². The van der Waals surface area contributed by atoms with Crippen LogP contribution in [0.3, 0.4) is 0 Å². The number of allylic oxidation sites excluding steroid dienone is 1. The molecule has 1 nitrogen and oxygen atoms in total. The Bertz CT molecular complexity index is 292. The second-order valence-electron chi connectivity index (χ2n) is 2.34. The van der Waals surface area contributed by atoms with Crippen LogP contribution in [-0.4, -0.2) is 7.11 Å². The van der Waals surface area contributed by atoms with Crippen LogP contribution in [0.4, 0.5) is 0 Å². The predicted octanol–water partition coefficient (Wildman–Crippen LogP) is 3.45. The van der Waals surface area contributed by atoms with Gasteiger partial charge < -0.3 is 4.74 Å². The summed E-state index contributed by atoms with van der Waals surface area (Å²) in [5.41, 5.74) is 1.09. The molecule has 0 fully saturated rings. The van der Waals surface area contributed by atoms with Crippen molar-refractivity contribution in [1.29, 1.82) is 0 Å². The quantitative estimate of drug-likeness (QED) is 0.751. The lowest BCUT2D eigenvalue weighted by Gasteiger charge is -2.05. The number of methoxy groups -OCH3 is 1. The fraction of sp³-hybridized carbons (Fsp3) is 0.200. The van der Waals surface area contributed by atoms with Crippen LogP contribution in [0.15, 0.2) is 30.3 Å². The van der Waals surface area contributed by atoms with E-state index in [4.69, 9.17) is 4.74 Å². The SMILES string of the molecule is CC=C(Br)c1ccccc1OC. The number of hydrogen-bond donors (Lipinski definition) is 0. The van der Waals surface area contributed by atoms with Gasteiger partial charge in [0, 0.05) is 10.0 Å². The minimum absolute atomic E-state index is 0.891. The summed E-state index contributed by atoms with van der Waals surface area (Å²) in [6.07, 6.45) is 2.00. The lowest BCUT2D eigenvalue weighted by molar-refractivity contribution is 0.414. The lowest BCUT2D eigenvalue weighted by Crippen LogP contribution is -1.87. The fourth-order valence-electron chi connectivity index (χ4n) is 0.997. The van der Waals surface area contributed by atoms with E-state index >= 15 is 0 Å². The number of hydrogen-bond acceptors (Lipinski definition) is 1. The Hall–Kier alpha value is -0.760. The smallest absolute Gasteiger partial charge is 0.127 e. The molecular weight excluding hydrogens is 216 g/mol. The molecule has 0 aliphatic heterocycles. The molecule has 0 N–H and O–H groups in total. The Morgan fingerprint density at radius 3 is 2.67 bits per heavy atom. The summed E-state index contributed by atoms with van der Waals surface area (Å²) in [6.45, 7) is 1.98. The van der Waals surface area contributed by atoms with E-state index < -0.39 is 0 Å². The zero-order valence-corrected chi connectivity index (χ0v) is 8.76. The molecule has 0 aliphatic carbocycles. The maximum absolute atomic E-state index is 5.20. The summed E-state index contributed by atoms with van der Waals surface area (Å²) < 4.78 is 6.25. The molecule has 0 amide bonds. The number of para-hydroxylation sites is 1. The zero-order valence-electron chi connectivity index (χ0n) is 7.17. The highest BCUT2D eigenvalue weighted by atomic mass is 79.9. The van der Waals surface area contributed by atoms with Crippen LogP contribution in [0.2, 0.25) is 0 Å². The van der Waals surface area contributed by atoms with E-state index in [1.54, 1.807) is 7.11 Å². The average molecular weight is 227 g/mol. The van der Waals surface area contributed by atoms with E-state index in [0.29, 0.717) is 0 Å². The van der Waals surface area contributed by atoms with E-state index in [-0.39, 0.29) is 0 Å². The van der Waals surface area contributed by atoms with Crippen LogP contribution in [0, 0.1) is 0 Å². The van der Waals surface area contributed by atoms with Crippen molar-refractivity contribution in [3.8, 4) is 5.75 Å². The predicted molar refractivity (Wildman–Crippen MR) is 55.6 cm³/mol. The van der Waals surface area contributed by atoms with Crippen molar-refractivity contribution in [2.24, 2.45) is 0 Å². The summed E-state index contributed by atoms with van der Waals surface area (Å²) in [7, 11) is 1.68. The van der Waals surface area contributed by atoms with Crippen molar-refractivity contribution >= 4 is 20.4 Å². The van der Waals surface area contributed by atoms with E-state index in [9.17, 15) is 0 Å². The first-order chi connectivity index (χ1) is 5.79. The highest BCUT2D eigenvalue weighted by Gasteiger charge is 2.02. The Morgan fingerprint density at radius 1 is 1.42 bits per heavy atom. The van der Waals surface area contributed by atoms with Gasteiger partial charge in [0.2, 0.25) is 0 Å². The molecule has 0 spiro atoms. The fourth-order valence-corrected chi connectivity index (χ4v) is 1.33. The van der Waals surface area contributed by atoms with Gasteiger partial charge in [0.15, 0.2) is 0 Å². The number of benzene rings is 1. The molecule has 0 bridgehead atoms. The maximum Gasteiger partial charge on any atom is 0.127 e. The zero-order chi connectivity index (χ0) is 8.97. The van der Waals surface area contributed by atoms with Gasteiger partial charge in [0.25, 0.3) is 0 Å². The standard InChI is InChI=1S/C10H11BrO/c1-3-9(11)8-6-4-5-7-10(8)12-2/h3-7H,1-2H3. The molecule has 2 heteroatoms. The Balaban J connectivity index is 3.13. The van der Waals surface area contributed by atoms with E-state index in [2.05, 4.69) is 15.9 Å². The van der Waals surface area contributed by atoms with Crippen molar-refractivity contribution in [1.82, 2.24) is 0 Å². The third-order valence-electron chi connectivity index (χ3n) is 1.62. The molecule has 0 unspecified atom stereocenters. The van der Waals surface area contributed by atoms with Gasteiger partial charge in [-0.25, -0.2) is 0 Å². The van der Waals surface area contributed by atoms with Crippen molar-refractivity contribution < 1.29 is 4.74 Å². The molecule has 64 valence electrons. The topological polar surface area (TPSA) is 9.23 Å². The Labute approximate surface area is 81.2 Å². The molecule has 0 atom stereocenters. The minimum Gasteiger partial charge on any atom is -0.496 e. The molecule has 1 aromatic carbocycles. The second-order valence-corrected chi connectivity index (χ2v) is 3.19. The highest BCUT2D eigenvalue weighted by Crippen LogP contribution is 2.29. The Morgan fingerprint density at radius 2 is 2.08 bits per heavy atom. The molecule has 1 aromatic rings. The summed E-state index contributed by atoms with van der Waals surface area (Å²) in [5.74, 6) is 0.891. The summed E-state index contributed by atoms with van der Waals surface area (Å²) in [6, 6.07) is 7.91. The average Bonchev–Trinajstić information content (AvgIpc) is 2.16. The van der Waals surface area contributed by atoms with Gasteiger partial charge in [0.1, 0.15) is 5.75 Å². The van der Waals surface area contributed by atoms with Crippen molar-refractivity contribution in [2.45, 2.75) is 6.92 Å². The molecule has 12 heavy (non-hydrogen) atoms. The van der Waals surface area contributed by atoms with Crippen molar-refractivity contribution in [2.75, 3.05) is 7.11 Å². The summed E-state index contributed by atoms with van der Waals surface area (Å²) >= 11 is 3.46.